The Morgan fingerprint density at radius 3 is 2.79 bits per heavy atom. The van der Waals surface area contributed by atoms with Crippen LogP contribution in [-0.4, -0.2) is 34.1 Å². The van der Waals surface area contributed by atoms with Crippen molar-refractivity contribution in [1.82, 2.24) is 14.5 Å². The van der Waals surface area contributed by atoms with E-state index in [1.807, 2.05) is 22.8 Å². The van der Waals surface area contributed by atoms with Gasteiger partial charge in [-0.25, -0.2) is 4.98 Å². The first-order valence-electron chi connectivity index (χ1n) is 6.80. The average Bonchev–Trinajstić information content (AvgIpc) is 2.72. The first-order valence-corrected chi connectivity index (χ1v) is 7.17. The Kier molecular flexibility index (Phi) is 4.66. The van der Waals surface area contributed by atoms with E-state index in [9.17, 15) is 0 Å². The number of hydrogen-bond donors (Lipinski definition) is 1. The smallest absolute Gasteiger partial charge is 0.201 e. The van der Waals surface area contributed by atoms with E-state index in [0.29, 0.717) is 11.0 Å². The summed E-state index contributed by atoms with van der Waals surface area (Å²) >= 11 is 6.14. The van der Waals surface area contributed by atoms with Crippen molar-refractivity contribution in [1.29, 1.82) is 0 Å². The topological polar surface area (TPSA) is 47.1 Å². The molecule has 4 nitrogen and oxygen atoms in total. The Balaban J connectivity index is 2.21. The Bertz CT molecular complexity index is 550. The molecule has 5 heteroatoms. The molecule has 0 atom stereocenters. The minimum Gasteiger partial charge on any atom is -0.369 e. The number of nitrogen functional groups attached to an aromatic ring is 1. The van der Waals surface area contributed by atoms with Gasteiger partial charge in [0.2, 0.25) is 5.95 Å². The molecule has 2 N–H and O–H groups in total. The van der Waals surface area contributed by atoms with E-state index < -0.39 is 0 Å². The molecule has 0 saturated carbocycles. The molecule has 0 spiro atoms. The third-order valence-corrected chi connectivity index (χ3v) is 3.69. The minimum absolute atomic E-state index is 0.538. The van der Waals surface area contributed by atoms with Gasteiger partial charge in [-0.05, 0) is 31.6 Å². The lowest BCUT2D eigenvalue weighted by Crippen LogP contribution is -2.28. The van der Waals surface area contributed by atoms with Gasteiger partial charge in [0.15, 0.2) is 0 Å². The number of para-hydroxylation sites is 1. The molecule has 1 aromatic heterocycles. The lowest BCUT2D eigenvalue weighted by Gasteiger charge is -2.20. The molecule has 0 aliphatic rings. The van der Waals surface area contributed by atoms with Gasteiger partial charge in [0.05, 0.1) is 10.5 Å². The average molecular weight is 281 g/mol. The molecule has 0 saturated heterocycles. The van der Waals surface area contributed by atoms with Crippen LogP contribution in [0.2, 0.25) is 5.02 Å². The minimum atomic E-state index is 0.538. The molecule has 0 unspecified atom stereocenters. The fourth-order valence-electron chi connectivity index (χ4n) is 2.35. The second kappa shape index (κ2) is 6.26. The van der Waals surface area contributed by atoms with Crippen LogP contribution in [0.25, 0.3) is 11.0 Å². The van der Waals surface area contributed by atoms with E-state index >= 15 is 0 Å². The number of likely N-dealkylation sites (N-methyl/N-ethyl adjacent to an activating group) is 1. The lowest BCUT2D eigenvalue weighted by atomic mass is 10.3. The van der Waals surface area contributed by atoms with E-state index in [1.54, 1.807) is 0 Å². The van der Waals surface area contributed by atoms with Crippen molar-refractivity contribution in [3.63, 3.8) is 0 Å². The van der Waals surface area contributed by atoms with Gasteiger partial charge in [-0.2, -0.15) is 0 Å². The summed E-state index contributed by atoms with van der Waals surface area (Å²) in [4.78, 5) is 6.77. The first-order chi connectivity index (χ1) is 9.17. The molecule has 2 rings (SSSR count). The summed E-state index contributed by atoms with van der Waals surface area (Å²) in [5.74, 6) is 0.538. The fraction of sp³-hybridized carbons (Fsp3) is 0.500. The number of aromatic nitrogens is 2. The molecule has 19 heavy (non-hydrogen) atoms. The molecule has 1 aromatic carbocycles. The molecule has 2 aromatic rings. The van der Waals surface area contributed by atoms with Crippen LogP contribution in [0.4, 0.5) is 5.95 Å². The third-order valence-electron chi connectivity index (χ3n) is 3.39. The van der Waals surface area contributed by atoms with Gasteiger partial charge < -0.3 is 15.2 Å². The Hall–Kier alpha value is -1.26. The molecule has 0 radical (unpaired) electrons. The van der Waals surface area contributed by atoms with Crippen molar-refractivity contribution >= 4 is 28.6 Å². The maximum Gasteiger partial charge on any atom is 0.201 e. The van der Waals surface area contributed by atoms with Crippen LogP contribution in [0.1, 0.15) is 20.3 Å². The van der Waals surface area contributed by atoms with E-state index in [4.69, 9.17) is 17.3 Å². The van der Waals surface area contributed by atoms with E-state index in [1.165, 1.54) is 6.42 Å². The van der Waals surface area contributed by atoms with Gasteiger partial charge in [0.1, 0.15) is 5.52 Å². The predicted octanol–water partition coefficient (Wildman–Crippen LogP) is 3.00. The van der Waals surface area contributed by atoms with Crippen molar-refractivity contribution in [2.24, 2.45) is 0 Å². The summed E-state index contributed by atoms with van der Waals surface area (Å²) in [5, 5.41) is 0.656. The molecule has 0 aliphatic heterocycles. The maximum atomic E-state index is 6.14. The highest BCUT2D eigenvalue weighted by molar-refractivity contribution is 6.35. The summed E-state index contributed by atoms with van der Waals surface area (Å²) in [6.45, 7) is 8.37. The van der Waals surface area contributed by atoms with Crippen molar-refractivity contribution in [3.8, 4) is 0 Å². The van der Waals surface area contributed by atoms with Gasteiger partial charge >= 0.3 is 0 Å². The van der Waals surface area contributed by atoms with Crippen molar-refractivity contribution in [3.05, 3.63) is 23.2 Å². The van der Waals surface area contributed by atoms with Gasteiger partial charge in [-0.1, -0.05) is 31.5 Å². The van der Waals surface area contributed by atoms with Gasteiger partial charge in [-0.3, -0.25) is 0 Å². The largest absolute Gasteiger partial charge is 0.369 e. The zero-order valence-corrected chi connectivity index (χ0v) is 12.3. The highest BCUT2D eigenvalue weighted by Crippen LogP contribution is 2.24. The second-order valence-electron chi connectivity index (χ2n) is 4.66. The van der Waals surface area contributed by atoms with Crippen molar-refractivity contribution in [2.75, 3.05) is 25.4 Å². The van der Waals surface area contributed by atoms with Gasteiger partial charge in [0.25, 0.3) is 0 Å². The standard InChI is InChI=1S/C14H21ClN4/c1-3-8-18(4-2)9-10-19-12-7-5-6-11(15)13(12)17-14(19)16/h5-7H,3-4,8-10H2,1-2H3,(H2,16,17). The number of nitrogens with two attached hydrogens (primary N) is 1. The van der Waals surface area contributed by atoms with Gasteiger partial charge in [0, 0.05) is 13.1 Å². The van der Waals surface area contributed by atoms with Crippen LogP contribution in [0.15, 0.2) is 18.2 Å². The van der Waals surface area contributed by atoms with Crippen LogP contribution >= 0.6 is 11.6 Å². The van der Waals surface area contributed by atoms with E-state index in [2.05, 4.69) is 23.7 Å². The van der Waals surface area contributed by atoms with Crippen LogP contribution in [0.5, 0.6) is 0 Å². The molecule has 0 fully saturated rings. The van der Waals surface area contributed by atoms with Crippen molar-refractivity contribution in [2.45, 2.75) is 26.8 Å². The molecule has 104 valence electrons. The monoisotopic (exact) mass is 280 g/mol. The van der Waals surface area contributed by atoms with Crippen LogP contribution in [-0.2, 0) is 6.54 Å². The molecular formula is C14H21ClN4. The summed E-state index contributed by atoms with van der Waals surface area (Å²) in [6.07, 6.45) is 1.17. The molecule has 0 amide bonds. The molecule has 0 aliphatic carbocycles. The number of halogens is 1. The number of fused-ring (bicyclic) bond motifs is 1. The molecular weight excluding hydrogens is 260 g/mol. The van der Waals surface area contributed by atoms with Gasteiger partial charge in [-0.15, -0.1) is 0 Å². The number of hydrogen-bond acceptors (Lipinski definition) is 3. The fourth-order valence-corrected chi connectivity index (χ4v) is 2.56. The Morgan fingerprint density at radius 1 is 1.32 bits per heavy atom. The van der Waals surface area contributed by atoms with Crippen LogP contribution in [0.3, 0.4) is 0 Å². The molecule has 0 bridgehead atoms. The van der Waals surface area contributed by atoms with E-state index in [-0.39, 0.29) is 0 Å². The maximum absolute atomic E-state index is 6.14. The predicted molar refractivity (Wildman–Crippen MR) is 81.6 cm³/mol. The number of benzene rings is 1. The summed E-state index contributed by atoms with van der Waals surface area (Å²) < 4.78 is 2.04. The third kappa shape index (κ3) is 3.01. The first kappa shape index (κ1) is 14.2. The summed E-state index contributed by atoms with van der Waals surface area (Å²) in [7, 11) is 0. The lowest BCUT2D eigenvalue weighted by molar-refractivity contribution is 0.278. The zero-order chi connectivity index (χ0) is 13.8. The molecule has 1 heterocycles. The van der Waals surface area contributed by atoms with E-state index in [0.717, 1.165) is 37.2 Å². The number of imidazole rings is 1. The number of nitrogens with zero attached hydrogens (tertiary/aromatic N) is 3. The highest BCUT2D eigenvalue weighted by atomic mass is 35.5. The number of rotatable bonds is 6. The Morgan fingerprint density at radius 2 is 2.11 bits per heavy atom. The SMILES string of the molecule is CCCN(CC)CCn1c(N)nc2c(Cl)cccc21. The Labute approximate surface area is 119 Å². The van der Waals surface area contributed by atoms with Crippen molar-refractivity contribution < 1.29 is 0 Å². The van der Waals surface area contributed by atoms with Crippen LogP contribution in [0, 0.1) is 0 Å². The normalized spacial score (nSPS) is 11.6. The highest BCUT2D eigenvalue weighted by Gasteiger charge is 2.11. The summed E-state index contributed by atoms with van der Waals surface area (Å²) in [6, 6.07) is 5.79. The number of anilines is 1. The second-order valence-corrected chi connectivity index (χ2v) is 5.07. The van der Waals surface area contributed by atoms with Crippen LogP contribution < -0.4 is 5.73 Å². The summed E-state index contributed by atoms with van der Waals surface area (Å²) in [5.41, 5.74) is 7.80. The zero-order valence-electron chi connectivity index (χ0n) is 11.6. The quantitative estimate of drug-likeness (QED) is 0.885.